The van der Waals surface area contributed by atoms with E-state index in [1.807, 2.05) is 0 Å². The van der Waals surface area contributed by atoms with Gasteiger partial charge in [-0.15, -0.1) is 0 Å². The van der Waals surface area contributed by atoms with Gasteiger partial charge in [0.15, 0.2) is 0 Å². The monoisotopic (exact) mass is 271 g/mol. The van der Waals surface area contributed by atoms with Crippen LogP contribution in [0.1, 0.15) is 19.3 Å². The molecule has 0 saturated carbocycles. The van der Waals surface area contributed by atoms with Crippen molar-refractivity contribution in [3.8, 4) is 0 Å². The van der Waals surface area contributed by atoms with E-state index >= 15 is 0 Å². The summed E-state index contributed by atoms with van der Waals surface area (Å²) in [5, 5.41) is 21.2. The number of carbonyl (C=O) groups is 2. The number of nitrogens with zero attached hydrogens (tertiary/aromatic N) is 2. The summed E-state index contributed by atoms with van der Waals surface area (Å²) >= 11 is 0. The molecule has 3 N–H and O–H groups in total. The molecule has 2 aliphatic heterocycles. The van der Waals surface area contributed by atoms with Gasteiger partial charge in [-0.05, 0) is 25.9 Å². The lowest BCUT2D eigenvalue weighted by Gasteiger charge is -2.22. The molecule has 2 amide bonds. The Kier molecular flexibility index (Phi) is 4.60. The third-order valence-corrected chi connectivity index (χ3v) is 3.73. The first-order valence-corrected chi connectivity index (χ1v) is 6.75. The van der Waals surface area contributed by atoms with Crippen molar-refractivity contribution in [2.24, 2.45) is 0 Å². The fraction of sp³-hybridized carbons (Fsp3) is 0.833. The van der Waals surface area contributed by atoms with Crippen molar-refractivity contribution in [2.75, 3.05) is 32.7 Å². The normalized spacial score (nSPS) is 27.7. The number of urea groups is 1. The molecule has 0 aliphatic carbocycles. The molecule has 19 heavy (non-hydrogen) atoms. The van der Waals surface area contributed by atoms with Crippen LogP contribution in [0.2, 0.25) is 0 Å². The molecule has 7 heteroatoms. The molecule has 0 aromatic carbocycles. The first kappa shape index (κ1) is 14.1. The van der Waals surface area contributed by atoms with Gasteiger partial charge in [-0.1, -0.05) is 0 Å². The van der Waals surface area contributed by atoms with Crippen molar-refractivity contribution in [3.05, 3.63) is 0 Å². The number of carboxylic acids is 1. The maximum absolute atomic E-state index is 11.9. The Morgan fingerprint density at radius 3 is 2.58 bits per heavy atom. The summed E-state index contributed by atoms with van der Waals surface area (Å²) in [5.41, 5.74) is 0. The van der Waals surface area contributed by atoms with Gasteiger partial charge in [0.25, 0.3) is 0 Å². The van der Waals surface area contributed by atoms with Crippen LogP contribution < -0.4 is 5.32 Å². The Bertz CT molecular complexity index is 344. The zero-order chi connectivity index (χ0) is 13.8. The molecule has 1 unspecified atom stereocenters. The molecule has 0 bridgehead atoms. The molecule has 2 heterocycles. The summed E-state index contributed by atoms with van der Waals surface area (Å²) in [4.78, 5) is 26.4. The Hall–Kier alpha value is -1.34. The zero-order valence-electron chi connectivity index (χ0n) is 10.9. The summed E-state index contributed by atoms with van der Waals surface area (Å²) in [5.74, 6) is -1.06. The van der Waals surface area contributed by atoms with Gasteiger partial charge in [0.1, 0.15) is 6.04 Å². The number of rotatable bonds is 4. The number of likely N-dealkylation sites (tertiary alicyclic amines) is 2. The van der Waals surface area contributed by atoms with Gasteiger partial charge in [-0.2, -0.15) is 0 Å². The molecule has 2 rings (SSSR count). The Morgan fingerprint density at radius 2 is 1.95 bits per heavy atom. The Labute approximate surface area is 112 Å². The number of amides is 2. The Balaban J connectivity index is 1.76. The Morgan fingerprint density at radius 1 is 1.26 bits per heavy atom. The number of aliphatic hydroxyl groups excluding tert-OH is 1. The third kappa shape index (κ3) is 3.57. The van der Waals surface area contributed by atoms with Crippen LogP contribution in [-0.2, 0) is 4.79 Å². The smallest absolute Gasteiger partial charge is 0.326 e. The molecule has 0 spiro atoms. The van der Waals surface area contributed by atoms with Crippen molar-refractivity contribution in [3.63, 3.8) is 0 Å². The van der Waals surface area contributed by atoms with Crippen LogP contribution in [-0.4, -0.2) is 76.9 Å². The number of carboxylic acid groups (broad SMARTS) is 1. The van der Waals surface area contributed by atoms with E-state index in [9.17, 15) is 14.7 Å². The molecule has 2 aliphatic rings. The predicted octanol–water partition coefficient (Wildman–Crippen LogP) is -0.688. The maximum Gasteiger partial charge on any atom is 0.326 e. The molecule has 0 aromatic heterocycles. The van der Waals surface area contributed by atoms with E-state index in [2.05, 4.69) is 10.2 Å². The second kappa shape index (κ2) is 6.21. The van der Waals surface area contributed by atoms with E-state index in [-0.39, 0.29) is 13.0 Å². The number of β-amino-alcohol motifs (C(OH)–C–C–N with tert-alkyl or cyclic N) is 1. The van der Waals surface area contributed by atoms with Gasteiger partial charge in [0.2, 0.25) is 0 Å². The molecule has 2 saturated heterocycles. The highest BCUT2D eigenvalue weighted by molar-refractivity contribution is 5.83. The van der Waals surface area contributed by atoms with Crippen molar-refractivity contribution < 1.29 is 19.8 Å². The minimum Gasteiger partial charge on any atom is -0.480 e. The van der Waals surface area contributed by atoms with Crippen molar-refractivity contribution in [2.45, 2.75) is 31.4 Å². The average molecular weight is 271 g/mol. The topological polar surface area (TPSA) is 93.1 Å². The number of nitrogens with one attached hydrogen (secondary N) is 1. The first-order valence-electron chi connectivity index (χ1n) is 6.75. The van der Waals surface area contributed by atoms with Crippen LogP contribution in [0.15, 0.2) is 0 Å². The number of aliphatic carboxylic acids is 1. The van der Waals surface area contributed by atoms with E-state index in [1.54, 1.807) is 0 Å². The lowest BCUT2D eigenvalue weighted by Crippen LogP contribution is -2.47. The number of hydrogen-bond donors (Lipinski definition) is 3. The lowest BCUT2D eigenvalue weighted by molar-refractivity contribution is -0.141. The molecule has 108 valence electrons. The summed E-state index contributed by atoms with van der Waals surface area (Å²) in [6, 6.07) is -1.31. The summed E-state index contributed by atoms with van der Waals surface area (Å²) in [7, 11) is 0. The predicted molar refractivity (Wildman–Crippen MR) is 67.8 cm³/mol. The van der Waals surface area contributed by atoms with Gasteiger partial charge >= 0.3 is 12.0 Å². The summed E-state index contributed by atoms with van der Waals surface area (Å²) < 4.78 is 0. The van der Waals surface area contributed by atoms with Gasteiger partial charge in [0, 0.05) is 26.1 Å². The maximum atomic E-state index is 11.9. The fourth-order valence-electron chi connectivity index (χ4n) is 2.70. The van der Waals surface area contributed by atoms with Crippen LogP contribution in [0.4, 0.5) is 4.79 Å². The minimum absolute atomic E-state index is 0.0898. The number of carbonyl (C=O) groups excluding carboxylic acids is 1. The van der Waals surface area contributed by atoms with E-state index in [0.29, 0.717) is 6.54 Å². The highest BCUT2D eigenvalue weighted by atomic mass is 16.4. The largest absolute Gasteiger partial charge is 0.480 e. The number of aliphatic hydroxyl groups is 1. The lowest BCUT2D eigenvalue weighted by atomic mass is 10.2. The van der Waals surface area contributed by atoms with Crippen molar-refractivity contribution in [1.29, 1.82) is 0 Å². The van der Waals surface area contributed by atoms with Crippen LogP contribution in [0.3, 0.4) is 0 Å². The van der Waals surface area contributed by atoms with E-state index in [1.165, 1.54) is 17.7 Å². The average Bonchev–Trinajstić information content (AvgIpc) is 2.98. The molecule has 2 atom stereocenters. The zero-order valence-corrected chi connectivity index (χ0v) is 10.9. The molecule has 0 radical (unpaired) electrons. The fourth-order valence-corrected chi connectivity index (χ4v) is 2.70. The molecule has 2 fully saturated rings. The van der Waals surface area contributed by atoms with Gasteiger partial charge in [-0.25, -0.2) is 9.59 Å². The quantitative estimate of drug-likeness (QED) is 0.629. The van der Waals surface area contributed by atoms with E-state index in [4.69, 9.17) is 5.11 Å². The van der Waals surface area contributed by atoms with Crippen LogP contribution in [0, 0.1) is 0 Å². The van der Waals surface area contributed by atoms with E-state index in [0.717, 1.165) is 19.6 Å². The van der Waals surface area contributed by atoms with Gasteiger partial charge in [0.05, 0.1) is 6.10 Å². The second-order valence-electron chi connectivity index (χ2n) is 5.18. The summed E-state index contributed by atoms with van der Waals surface area (Å²) in [6.45, 7) is 3.52. The third-order valence-electron chi connectivity index (χ3n) is 3.73. The van der Waals surface area contributed by atoms with Gasteiger partial charge < -0.3 is 25.3 Å². The first-order chi connectivity index (χ1) is 9.08. The van der Waals surface area contributed by atoms with Gasteiger partial charge in [-0.3, -0.25) is 0 Å². The summed E-state index contributed by atoms with van der Waals surface area (Å²) in [6.07, 6.45) is 1.76. The standard InChI is InChI=1S/C12H21N3O4/c16-9-7-10(11(17)18)15(8-9)12(19)13-3-6-14-4-1-2-5-14/h9-10,16H,1-8H2,(H,13,19)(H,17,18)/t9?,10-/m0/s1. The van der Waals surface area contributed by atoms with Crippen LogP contribution in [0.5, 0.6) is 0 Å². The van der Waals surface area contributed by atoms with E-state index < -0.39 is 24.1 Å². The highest BCUT2D eigenvalue weighted by Gasteiger charge is 2.38. The van der Waals surface area contributed by atoms with Crippen molar-refractivity contribution >= 4 is 12.0 Å². The number of hydrogen-bond acceptors (Lipinski definition) is 4. The van der Waals surface area contributed by atoms with Crippen LogP contribution >= 0.6 is 0 Å². The SMILES string of the molecule is O=C(O)[C@@H]1CC(O)CN1C(=O)NCCN1CCCC1. The molecular formula is C12H21N3O4. The highest BCUT2D eigenvalue weighted by Crippen LogP contribution is 2.18. The van der Waals surface area contributed by atoms with Crippen LogP contribution in [0.25, 0.3) is 0 Å². The second-order valence-corrected chi connectivity index (χ2v) is 5.18. The minimum atomic E-state index is -1.06. The molecule has 0 aromatic rings. The molecular weight excluding hydrogens is 250 g/mol. The molecule has 7 nitrogen and oxygen atoms in total. The van der Waals surface area contributed by atoms with Crippen molar-refractivity contribution in [1.82, 2.24) is 15.1 Å².